The van der Waals surface area contributed by atoms with Gasteiger partial charge in [-0.2, -0.15) is 0 Å². The molecule has 50 heavy (non-hydrogen) atoms. The van der Waals surface area contributed by atoms with Crippen LogP contribution >= 0.6 is 0 Å². The zero-order chi connectivity index (χ0) is 33.8. The van der Waals surface area contributed by atoms with Crippen molar-refractivity contribution in [3.63, 3.8) is 0 Å². The molecule has 246 valence electrons. The van der Waals surface area contributed by atoms with Crippen molar-refractivity contribution in [3.8, 4) is 33.4 Å². The Kier molecular flexibility index (Phi) is 6.48. The highest BCUT2D eigenvalue weighted by Gasteiger charge is 2.40. The molecule has 4 aliphatic carbocycles. The van der Waals surface area contributed by atoms with Gasteiger partial charge in [0.15, 0.2) is 0 Å². The van der Waals surface area contributed by atoms with E-state index in [1.807, 2.05) is 0 Å². The minimum absolute atomic E-state index is 0.00916. The molecule has 2 fully saturated rings. The van der Waals surface area contributed by atoms with Crippen molar-refractivity contribution in [2.75, 3.05) is 4.90 Å². The Hall–Kier alpha value is -4.88. The fourth-order valence-electron chi connectivity index (χ4n) is 10.5. The summed E-state index contributed by atoms with van der Waals surface area (Å²) < 4.78 is 0. The van der Waals surface area contributed by atoms with Crippen LogP contribution < -0.4 is 4.90 Å². The van der Waals surface area contributed by atoms with Gasteiger partial charge >= 0.3 is 0 Å². The van der Waals surface area contributed by atoms with Gasteiger partial charge in [0, 0.05) is 27.9 Å². The number of benzene rings is 6. The first kappa shape index (κ1) is 30.0. The highest BCUT2D eigenvalue weighted by molar-refractivity contribution is 5.89. The first-order valence-corrected chi connectivity index (χ1v) is 18.8. The van der Waals surface area contributed by atoms with Gasteiger partial charge in [0.2, 0.25) is 0 Å². The highest BCUT2D eigenvalue weighted by Crippen LogP contribution is 2.55. The summed E-state index contributed by atoms with van der Waals surface area (Å²) in [6.07, 6.45) is 5.69. The van der Waals surface area contributed by atoms with E-state index in [1.54, 1.807) is 0 Å². The molecule has 0 aliphatic heterocycles. The Morgan fingerprint density at radius 2 is 1.06 bits per heavy atom. The molecule has 0 heterocycles. The van der Waals surface area contributed by atoms with Gasteiger partial charge in [-0.1, -0.05) is 119 Å². The highest BCUT2D eigenvalue weighted by atomic mass is 15.1. The molecule has 0 saturated heterocycles. The molecular weight excluding hydrogens is 603 g/mol. The molecule has 0 amide bonds. The summed E-state index contributed by atoms with van der Waals surface area (Å²) in [7, 11) is 0. The number of hydrogen-bond acceptors (Lipinski definition) is 1. The lowest BCUT2D eigenvalue weighted by molar-refractivity contribution is 0.420. The predicted molar refractivity (Wildman–Crippen MR) is 210 cm³/mol. The van der Waals surface area contributed by atoms with Crippen molar-refractivity contribution in [3.05, 3.63) is 161 Å². The van der Waals surface area contributed by atoms with E-state index in [0.29, 0.717) is 0 Å². The fraction of sp³-hybridized carbons (Fsp3) is 0.265. The minimum Gasteiger partial charge on any atom is -0.310 e. The summed E-state index contributed by atoms with van der Waals surface area (Å²) in [5.41, 5.74) is 18.7. The van der Waals surface area contributed by atoms with Crippen LogP contribution in [-0.2, 0) is 10.8 Å². The number of nitrogens with zero attached hydrogens (tertiary/aromatic N) is 1. The third-order valence-corrected chi connectivity index (χ3v) is 13.2. The first-order chi connectivity index (χ1) is 24.3. The maximum Gasteiger partial charge on any atom is 0.0465 e. The smallest absolute Gasteiger partial charge is 0.0465 e. The van der Waals surface area contributed by atoms with E-state index in [0.717, 1.165) is 17.8 Å². The molecule has 0 N–H and O–H groups in total. The molecule has 3 atom stereocenters. The quantitative estimate of drug-likeness (QED) is 0.180. The number of rotatable bonds is 5. The monoisotopic (exact) mass is 647 g/mol. The second-order valence-corrected chi connectivity index (χ2v) is 16.6. The van der Waals surface area contributed by atoms with Crippen molar-refractivity contribution in [2.45, 2.75) is 70.1 Å². The van der Waals surface area contributed by atoms with Crippen molar-refractivity contribution >= 4 is 17.1 Å². The van der Waals surface area contributed by atoms with Crippen LogP contribution in [0, 0.1) is 11.8 Å². The van der Waals surface area contributed by atoms with Gasteiger partial charge < -0.3 is 4.90 Å². The van der Waals surface area contributed by atoms with E-state index in [-0.39, 0.29) is 10.8 Å². The Morgan fingerprint density at radius 1 is 0.460 bits per heavy atom. The van der Waals surface area contributed by atoms with Gasteiger partial charge in [0.25, 0.3) is 0 Å². The van der Waals surface area contributed by atoms with Crippen LogP contribution in [0.3, 0.4) is 0 Å². The summed E-state index contributed by atoms with van der Waals surface area (Å²) in [5.74, 6) is 2.60. The van der Waals surface area contributed by atoms with Crippen LogP contribution in [-0.4, -0.2) is 0 Å². The molecule has 0 aromatic heterocycles. The lowest BCUT2D eigenvalue weighted by atomic mass is 9.81. The molecule has 1 nitrogen and oxygen atoms in total. The lowest BCUT2D eigenvalue weighted by Gasteiger charge is -2.29. The van der Waals surface area contributed by atoms with Gasteiger partial charge in [0.05, 0.1) is 0 Å². The van der Waals surface area contributed by atoms with Crippen LogP contribution in [0.25, 0.3) is 33.4 Å². The van der Waals surface area contributed by atoms with Crippen molar-refractivity contribution in [2.24, 2.45) is 11.8 Å². The average molecular weight is 648 g/mol. The first-order valence-electron chi connectivity index (χ1n) is 18.8. The standard InChI is InChI=1S/C49H45N/c1-48(2)44-13-9-8-12-39(44)40-23-18-34(29-46(40)48)33-19-25-45-43(28-33)41-24-22-38(30-47(41)49(45,3)4)50(36-10-6-5-7-11-36)37-20-16-32(17-21-37)42-27-31-14-15-35(42)26-31/h5-13,16-25,28-31,35,42H,14-15,26-27H2,1-4H3. The minimum atomic E-state index is -0.102. The Morgan fingerprint density at radius 3 is 1.82 bits per heavy atom. The molecule has 0 radical (unpaired) electrons. The molecule has 2 saturated carbocycles. The normalized spacial score (nSPS) is 21.4. The van der Waals surface area contributed by atoms with Crippen LogP contribution in [0.4, 0.5) is 17.1 Å². The topological polar surface area (TPSA) is 3.24 Å². The van der Waals surface area contributed by atoms with Gasteiger partial charge in [-0.05, 0) is 147 Å². The fourth-order valence-corrected chi connectivity index (χ4v) is 10.5. The Balaban J connectivity index is 1.02. The number of hydrogen-bond donors (Lipinski definition) is 0. The van der Waals surface area contributed by atoms with E-state index >= 15 is 0 Å². The van der Waals surface area contributed by atoms with E-state index in [1.165, 1.54) is 104 Å². The van der Waals surface area contributed by atoms with E-state index < -0.39 is 0 Å². The van der Waals surface area contributed by atoms with Crippen molar-refractivity contribution in [1.82, 2.24) is 0 Å². The summed E-state index contributed by atoms with van der Waals surface area (Å²) in [6, 6.07) is 50.8. The number of fused-ring (bicyclic) bond motifs is 8. The second-order valence-electron chi connectivity index (χ2n) is 16.6. The Bertz CT molecular complexity index is 2290. The predicted octanol–water partition coefficient (Wildman–Crippen LogP) is 13.3. The molecule has 2 bridgehead atoms. The van der Waals surface area contributed by atoms with Crippen LogP contribution in [0.1, 0.15) is 87.1 Å². The van der Waals surface area contributed by atoms with E-state index in [2.05, 4.69) is 166 Å². The van der Waals surface area contributed by atoms with Crippen LogP contribution in [0.5, 0.6) is 0 Å². The Labute approximate surface area is 297 Å². The second kappa shape index (κ2) is 10.8. The largest absolute Gasteiger partial charge is 0.310 e. The summed E-state index contributed by atoms with van der Waals surface area (Å²) in [5, 5.41) is 0. The maximum absolute atomic E-state index is 2.46. The molecule has 6 aromatic rings. The van der Waals surface area contributed by atoms with Gasteiger partial charge in [0.1, 0.15) is 0 Å². The third-order valence-electron chi connectivity index (χ3n) is 13.2. The van der Waals surface area contributed by atoms with Gasteiger partial charge in [-0.15, -0.1) is 0 Å². The van der Waals surface area contributed by atoms with Crippen molar-refractivity contribution < 1.29 is 0 Å². The number of para-hydroxylation sites is 1. The maximum atomic E-state index is 2.46. The zero-order valence-corrected chi connectivity index (χ0v) is 29.7. The summed E-state index contributed by atoms with van der Waals surface area (Å²) in [4.78, 5) is 2.44. The average Bonchev–Trinajstić information content (AvgIpc) is 3.89. The van der Waals surface area contributed by atoms with Gasteiger partial charge in [-0.25, -0.2) is 0 Å². The molecule has 6 aromatic carbocycles. The lowest BCUT2D eigenvalue weighted by Crippen LogP contribution is -2.16. The zero-order valence-electron chi connectivity index (χ0n) is 29.7. The molecule has 10 rings (SSSR count). The van der Waals surface area contributed by atoms with E-state index in [4.69, 9.17) is 0 Å². The number of anilines is 3. The van der Waals surface area contributed by atoms with Crippen LogP contribution in [0.15, 0.2) is 133 Å². The summed E-state index contributed by atoms with van der Waals surface area (Å²) >= 11 is 0. The molecule has 4 aliphatic rings. The van der Waals surface area contributed by atoms with E-state index in [9.17, 15) is 0 Å². The SMILES string of the molecule is CC1(C)c2ccccc2-c2ccc(-c3ccc4c(c3)-c3ccc(N(c5ccccc5)c5ccc(C6CC7CCC6C7)cc5)cc3C4(C)C)cc21. The molecule has 3 unspecified atom stereocenters. The molecule has 0 spiro atoms. The molecule has 1 heteroatoms. The van der Waals surface area contributed by atoms with Crippen molar-refractivity contribution in [1.29, 1.82) is 0 Å². The van der Waals surface area contributed by atoms with Crippen LogP contribution in [0.2, 0.25) is 0 Å². The molecular formula is C49H45N. The van der Waals surface area contributed by atoms with Gasteiger partial charge in [-0.3, -0.25) is 0 Å². The summed E-state index contributed by atoms with van der Waals surface area (Å²) in [6.45, 7) is 9.53. The third kappa shape index (κ3) is 4.38.